The van der Waals surface area contributed by atoms with Crippen LogP contribution in [-0.2, 0) is 11.2 Å². The fourth-order valence-corrected chi connectivity index (χ4v) is 2.75. The zero-order valence-corrected chi connectivity index (χ0v) is 14.0. The highest BCUT2D eigenvalue weighted by molar-refractivity contribution is 6.30. The largest absolute Gasteiger partial charge is 0.383 e. The highest BCUT2D eigenvalue weighted by Crippen LogP contribution is 2.22. The molecule has 0 aromatic heterocycles. The van der Waals surface area contributed by atoms with Crippen molar-refractivity contribution in [2.24, 2.45) is 0 Å². The Balaban J connectivity index is 1.48. The molecule has 122 valence electrons. The topological polar surface area (TPSA) is 41.1 Å². The first-order valence-corrected chi connectivity index (χ1v) is 8.33. The fraction of sp³-hybridized carbons (Fsp3) is 0.150. The summed E-state index contributed by atoms with van der Waals surface area (Å²) in [4.78, 5) is 11.9. The number of carbonyl (C=O) groups excluding carboxylic acids is 1. The van der Waals surface area contributed by atoms with Crippen LogP contribution < -0.4 is 10.6 Å². The average molecular weight is 339 g/mol. The molecule has 0 aliphatic heterocycles. The molecule has 0 spiro atoms. The Morgan fingerprint density at radius 3 is 2.46 bits per heavy atom. The number of amides is 1. The van der Waals surface area contributed by atoms with Gasteiger partial charge in [-0.3, -0.25) is 4.79 Å². The van der Waals surface area contributed by atoms with Crippen molar-refractivity contribution in [1.29, 1.82) is 0 Å². The van der Waals surface area contributed by atoms with E-state index >= 15 is 0 Å². The van der Waals surface area contributed by atoms with Crippen LogP contribution in [0.1, 0.15) is 5.56 Å². The number of hydrogen-bond donors (Lipinski definition) is 2. The Morgan fingerprint density at radius 1 is 0.875 bits per heavy atom. The lowest BCUT2D eigenvalue weighted by Crippen LogP contribution is -2.30. The van der Waals surface area contributed by atoms with E-state index in [4.69, 9.17) is 11.6 Å². The van der Waals surface area contributed by atoms with Crippen LogP contribution in [0.2, 0.25) is 5.02 Å². The van der Waals surface area contributed by atoms with E-state index in [1.807, 2.05) is 30.3 Å². The lowest BCUT2D eigenvalue weighted by Gasteiger charge is -2.10. The van der Waals surface area contributed by atoms with E-state index in [1.54, 1.807) is 12.1 Å². The molecule has 3 aromatic rings. The minimum Gasteiger partial charge on any atom is -0.383 e. The van der Waals surface area contributed by atoms with Crippen LogP contribution in [-0.4, -0.2) is 19.0 Å². The maximum Gasteiger partial charge on any atom is 0.224 e. The minimum atomic E-state index is 0.0112. The number of halogens is 1. The molecule has 0 radical (unpaired) electrons. The van der Waals surface area contributed by atoms with E-state index in [0.717, 1.165) is 11.3 Å². The van der Waals surface area contributed by atoms with E-state index < -0.39 is 0 Å². The van der Waals surface area contributed by atoms with Crippen molar-refractivity contribution in [2.45, 2.75) is 6.42 Å². The predicted molar refractivity (Wildman–Crippen MR) is 101 cm³/mol. The quantitative estimate of drug-likeness (QED) is 0.659. The molecular weight excluding hydrogens is 320 g/mol. The lowest BCUT2D eigenvalue weighted by atomic mass is 10.1. The van der Waals surface area contributed by atoms with E-state index in [0.29, 0.717) is 24.5 Å². The van der Waals surface area contributed by atoms with Gasteiger partial charge in [-0.1, -0.05) is 60.1 Å². The molecule has 0 atom stereocenters. The molecule has 3 rings (SSSR count). The Kier molecular flexibility index (Phi) is 5.34. The van der Waals surface area contributed by atoms with E-state index in [2.05, 4.69) is 34.9 Å². The second kappa shape index (κ2) is 7.84. The van der Waals surface area contributed by atoms with Gasteiger partial charge in [-0.05, 0) is 29.1 Å². The number of carbonyl (C=O) groups is 1. The summed E-state index contributed by atoms with van der Waals surface area (Å²) in [6.07, 6.45) is 0.367. The SMILES string of the molecule is O=C(Cc1ccc(Cl)cc1)NCCNc1cccc2ccccc12. The summed E-state index contributed by atoms with van der Waals surface area (Å²) in [6.45, 7) is 1.26. The normalized spacial score (nSPS) is 10.5. The van der Waals surface area contributed by atoms with Crippen LogP contribution in [0, 0.1) is 0 Å². The summed E-state index contributed by atoms with van der Waals surface area (Å²) in [6, 6.07) is 21.8. The van der Waals surface area contributed by atoms with Crippen molar-refractivity contribution in [1.82, 2.24) is 5.32 Å². The van der Waals surface area contributed by atoms with Gasteiger partial charge in [0, 0.05) is 29.2 Å². The van der Waals surface area contributed by atoms with Gasteiger partial charge in [-0.2, -0.15) is 0 Å². The molecular formula is C20H19ClN2O. The number of fused-ring (bicyclic) bond motifs is 1. The smallest absolute Gasteiger partial charge is 0.224 e. The first-order valence-electron chi connectivity index (χ1n) is 7.95. The molecule has 0 bridgehead atoms. The molecule has 0 saturated heterocycles. The van der Waals surface area contributed by atoms with Gasteiger partial charge in [-0.15, -0.1) is 0 Å². The van der Waals surface area contributed by atoms with Crippen LogP contribution in [0.4, 0.5) is 5.69 Å². The molecule has 0 fully saturated rings. The summed E-state index contributed by atoms with van der Waals surface area (Å²) in [5.74, 6) is 0.0112. The van der Waals surface area contributed by atoms with Gasteiger partial charge < -0.3 is 10.6 Å². The summed E-state index contributed by atoms with van der Waals surface area (Å²) < 4.78 is 0. The maximum atomic E-state index is 11.9. The molecule has 4 heteroatoms. The van der Waals surface area contributed by atoms with Crippen molar-refractivity contribution >= 4 is 34.0 Å². The van der Waals surface area contributed by atoms with Crippen molar-refractivity contribution in [3.05, 3.63) is 77.3 Å². The molecule has 0 aliphatic rings. The zero-order chi connectivity index (χ0) is 16.8. The standard InChI is InChI=1S/C20H19ClN2O/c21-17-10-8-15(9-11-17)14-20(24)23-13-12-22-19-7-3-5-16-4-1-2-6-18(16)19/h1-11,22H,12-14H2,(H,23,24). The number of benzene rings is 3. The summed E-state index contributed by atoms with van der Waals surface area (Å²) in [5.41, 5.74) is 2.04. The van der Waals surface area contributed by atoms with Gasteiger partial charge in [0.2, 0.25) is 5.91 Å². The number of nitrogens with one attached hydrogen (secondary N) is 2. The predicted octanol–water partition coefficient (Wildman–Crippen LogP) is 4.26. The molecule has 0 saturated carbocycles. The third-order valence-electron chi connectivity index (χ3n) is 3.83. The molecule has 1 amide bonds. The van der Waals surface area contributed by atoms with Crippen LogP contribution in [0.15, 0.2) is 66.7 Å². The highest BCUT2D eigenvalue weighted by Gasteiger charge is 2.03. The van der Waals surface area contributed by atoms with E-state index in [-0.39, 0.29) is 5.91 Å². The Bertz CT molecular complexity index is 825. The highest BCUT2D eigenvalue weighted by atomic mass is 35.5. The van der Waals surface area contributed by atoms with Crippen LogP contribution in [0.25, 0.3) is 10.8 Å². The number of rotatable bonds is 6. The van der Waals surface area contributed by atoms with Gasteiger partial charge in [-0.25, -0.2) is 0 Å². The number of hydrogen-bond acceptors (Lipinski definition) is 2. The Morgan fingerprint density at radius 2 is 1.62 bits per heavy atom. The minimum absolute atomic E-state index is 0.0112. The first kappa shape index (κ1) is 16.3. The fourth-order valence-electron chi connectivity index (χ4n) is 2.63. The second-order valence-electron chi connectivity index (χ2n) is 5.61. The van der Waals surface area contributed by atoms with Gasteiger partial charge >= 0.3 is 0 Å². The van der Waals surface area contributed by atoms with Crippen molar-refractivity contribution in [3.8, 4) is 0 Å². The summed E-state index contributed by atoms with van der Waals surface area (Å²) in [7, 11) is 0. The van der Waals surface area contributed by atoms with E-state index in [1.165, 1.54) is 10.8 Å². The van der Waals surface area contributed by atoms with E-state index in [9.17, 15) is 4.79 Å². The van der Waals surface area contributed by atoms with Crippen molar-refractivity contribution < 1.29 is 4.79 Å². The summed E-state index contributed by atoms with van der Waals surface area (Å²) >= 11 is 5.84. The molecule has 2 N–H and O–H groups in total. The van der Waals surface area contributed by atoms with Crippen LogP contribution in [0.3, 0.4) is 0 Å². The van der Waals surface area contributed by atoms with Crippen LogP contribution >= 0.6 is 11.6 Å². The van der Waals surface area contributed by atoms with Gasteiger partial charge in [0.05, 0.1) is 6.42 Å². The van der Waals surface area contributed by atoms with Crippen LogP contribution in [0.5, 0.6) is 0 Å². The molecule has 3 aromatic carbocycles. The first-order chi connectivity index (χ1) is 11.7. The average Bonchev–Trinajstić information content (AvgIpc) is 2.61. The molecule has 0 heterocycles. The van der Waals surface area contributed by atoms with Gasteiger partial charge in [0.1, 0.15) is 0 Å². The molecule has 0 aliphatic carbocycles. The van der Waals surface area contributed by atoms with Crippen molar-refractivity contribution in [3.63, 3.8) is 0 Å². The monoisotopic (exact) mass is 338 g/mol. The molecule has 24 heavy (non-hydrogen) atoms. The molecule has 3 nitrogen and oxygen atoms in total. The third kappa shape index (κ3) is 4.27. The maximum absolute atomic E-state index is 11.9. The lowest BCUT2D eigenvalue weighted by molar-refractivity contribution is -0.120. The number of anilines is 1. The summed E-state index contributed by atoms with van der Waals surface area (Å²) in [5, 5.41) is 9.38. The Hall–Kier alpha value is -2.52. The van der Waals surface area contributed by atoms with Gasteiger partial charge in [0.25, 0.3) is 0 Å². The second-order valence-corrected chi connectivity index (χ2v) is 6.04. The Labute approximate surface area is 146 Å². The zero-order valence-electron chi connectivity index (χ0n) is 13.3. The third-order valence-corrected chi connectivity index (χ3v) is 4.08. The van der Waals surface area contributed by atoms with Gasteiger partial charge in [0.15, 0.2) is 0 Å². The molecule has 0 unspecified atom stereocenters. The van der Waals surface area contributed by atoms with Crippen molar-refractivity contribution in [2.75, 3.05) is 18.4 Å².